The third-order valence-electron chi connectivity index (χ3n) is 3.88. The second-order valence-electron chi connectivity index (χ2n) is 5.62. The highest BCUT2D eigenvalue weighted by atomic mass is 19.1. The van der Waals surface area contributed by atoms with Gasteiger partial charge in [-0.3, -0.25) is 9.59 Å². The van der Waals surface area contributed by atoms with Gasteiger partial charge < -0.3 is 4.74 Å². The van der Waals surface area contributed by atoms with Crippen LogP contribution < -0.4 is 4.74 Å². The number of ether oxygens (including phenoxy) is 1. The average Bonchev–Trinajstić information content (AvgIpc) is 2.67. The van der Waals surface area contributed by atoms with Gasteiger partial charge in [0.05, 0.1) is 7.11 Å². The van der Waals surface area contributed by atoms with Crippen LogP contribution in [0.5, 0.6) is 5.75 Å². The fourth-order valence-corrected chi connectivity index (χ4v) is 2.51. The number of carbonyl (C=O) groups is 2. The molecule has 0 spiro atoms. The van der Waals surface area contributed by atoms with Gasteiger partial charge in [0, 0.05) is 22.3 Å². The molecule has 0 N–H and O–H groups in total. The molecule has 0 unspecified atom stereocenters. The van der Waals surface area contributed by atoms with Crippen LogP contribution in [-0.4, -0.2) is 18.7 Å². The fourth-order valence-electron chi connectivity index (χ4n) is 2.51. The molecule has 0 heterocycles. The molecule has 0 saturated carbocycles. The third-order valence-corrected chi connectivity index (χ3v) is 3.88. The van der Waals surface area contributed by atoms with Gasteiger partial charge in [0.15, 0.2) is 11.6 Å². The lowest BCUT2D eigenvalue weighted by molar-refractivity contribution is 0.103. The maximum absolute atomic E-state index is 13.1. The molecule has 0 atom stereocenters. The van der Waals surface area contributed by atoms with E-state index in [1.807, 2.05) is 0 Å². The van der Waals surface area contributed by atoms with E-state index in [-0.39, 0.29) is 22.7 Å². The molecule has 0 bridgehead atoms. The van der Waals surface area contributed by atoms with Gasteiger partial charge in [0.25, 0.3) is 0 Å². The number of halogens is 2. The summed E-state index contributed by atoms with van der Waals surface area (Å²) in [6, 6.07) is 14.7. The second-order valence-corrected chi connectivity index (χ2v) is 5.62. The molecule has 3 aromatic rings. The topological polar surface area (TPSA) is 43.4 Å². The van der Waals surface area contributed by atoms with Crippen LogP contribution in [0.15, 0.2) is 66.7 Å². The molecule has 0 amide bonds. The lowest BCUT2D eigenvalue weighted by Crippen LogP contribution is -2.07. The third kappa shape index (κ3) is 3.67. The molecule has 0 aromatic heterocycles. The molecule has 3 aromatic carbocycles. The number of rotatable bonds is 5. The van der Waals surface area contributed by atoms with E-state index < -0.39 is 11.6 Å². The summed E-state index contributed by atoms with van der Waals surface area (Å²) in [5, 5.41) is 0. The lowest BCUT2D eigenvalue weighted by atomic mass is 9.97. The Labute approximate surface area is 148 Å². The van der Waals surface area contributed by atoms with E-state index in [0.717, 1.165) is 0 Å². The molecule has 0 radical (unpaired) electrons. The van der Waals surface area contributed by atoms with Gasteiger partial charge in [-0.25, -0.2) is 8.78 Å². The minimum Gasteiger partial charge on any atom is -0.497 e. The Morgan fingerprint density at radius 1 is 0.654 bits per heavy atom. The van der Waals surface area contributed by atoms with Crippen LogP contribution in [0.2, 0.25) is 0 Å². The van der Waals surface area contributed by atoms with E-state index >= 15 is 0 Å². The van der Waals surface area contributed by atoms with E-state index in [1.54, 1.807) is 0 Å². The number of hydrogen-bond acceptors (Lipinski definition) is 3. The molecule has 130 valence electrons. The number of ketones is 2. The van der Waals surface area contributed by atoms with Gasteiger partial charge in [-0.1, -0.05) is 0 Å². The minimum absolute atomic E-state index is 0.237. The summed E-state index contributed by atoms with van der Waals surface area (Å²) in [7, 11) is 1.42. The largest absolute Gasteiger partial charge is 0.497 e. The molecule has 0 aliphatic heterocycles. The Balaban J connectivity index is 2.01. The highest BCUT2D eigenvalue weighted by molar-refractivity contribution is 6.13. The molecular weight excluding hydrogens is 338 g/mol. The molecule has 0 saturated heterocycles. The first-order valence-corrected chi connectivity index (χ1v) is 7.77. The van der Waals surface area contributed by atoms with Gasteiger partial charge in [0.2, 0.25) is 0 Å². The maximum Gasteiger partial charge on any atom is 0.193 e. The van der Waals surface area contributed by atoms with E-state index in [9.17, 15) is 18.4 Å². The highest BCUT2D eigenvalue weighted by Gasteiger charge is 2.16. The van der Waals surface area contributed by atoms with E-state index in [4.69, 9.17) is 4.74 Å². The van der Waals surface area contributed by atoms with Crippen molar-refractivity contribution in [2.45, 2.75) is 0 Å². The maximum atomic E-state index is 13.1. The van der Waals surface area contributed by atoms with E-state index in [1.165, 1.54) is 73.8 Å². The van der Waals surface area contributed by atoms with Crippen molar-refractivity contribution in [1.82, 2.24) is 0 Å². The molecule has 26 heavy (non-hydrogen) atoms. The number of methoxy groups -OCH3 is 1. The Kier molecular flexibility index (Phi) is 4.89. The smallest absolute Gasteiger partial charge is 0.193 e. The summed E-state index contributed by atoms with van der Waals surface area (Å²) in [6.07, 6.45) is 0. The van der Waals surface area contributed by atoms with Gasteiger partial charge >= 0.3 is 0 Å². The zero-order chi connectivity index (χ0) is 18.7. The van der Waals surface area contributed by atoms with Crippen molar-refractivity contribution in [2.75, 3.05) is 7.11 Å². The average molecular weight is 352 g/mol. The predicted octanol–water partition coefficient (Wildman–Crippen LogP) is 4.44. The van der Waals surface area contributed by atoms with Crippen LogP contribution in [0.4, 0.5) is 8.78 Å². The van der Waals surface area contributed by atoms with Crippen LogP contribution in [0.1, 0.15) is 31.8 Å². The first kappa shape index (κ1) is 17.5. The van der Waals surface area contributed by atoms with Crippen molar-refractivity contribution in [3.8, 4) is 5.75 Å². The first-order valence-electron chi connectivity index (χ1n) is 7.77. The summed E-state index contributed by atoms with van der Waals surface area (Å²) in [5.74, 6) is -1.28. The Bertz CT molecular complexity index is 886. The molecular formula is C21H14F2O3. The van der Waals surface area contributed by atoms with Crippen molar-refractivity contribution >= 4 is 11.6 Å². The summed E-state index contributed by atoms with van der Waals surface area (Å²) < 4.78 is 31.3. The Morgan fingerprint density at radius 3 is 1.38 bits per heavy atom. The normalized spacial score (nSPS) is 10.4. The summed E-state index contributed by atoms with van der Waals surface area (Å²) in [4.78, 5) is 25.3. The Morgan fingerprint density at radius 2 is 1.04 bits per heavy atom. The van der Waals surface area contributed by atoms with E-state index in [2.05, 4.69) is 0 Å². The number of hydrogen-bond donors (Lipinski definition) is 0. The van der Waals surface area contributed by atoms with Crippen molar-refractivity contribution in [1.29, 1.82) is 0 Å². The molecule has 0 fully saturated rings. The predicted molar refractivity (Wildman–Crippen MR) is 92.7 cm³/mol. The van der Waals surface area contributed by atoms with Crippen LogP contribution in [0.3, 0.4) is 0 Å². The van der Waals surface area contributed by atoms with Gasteiger partial charge in [-0.15, -0.1) is 0 Å². The van der Waals surface area contributed by atoms with Crippen molar-refractivity contribution in [3.05, 3.63) is 101 Å². The fraction of sp³-hybridized carbons (Fsp3) is 0.0476. The van der Waals surface area contributed by atoms with Gasteiger partial charge in [-0.2, -0.15) is 0 Å². The summed E-state index contributed by atoms with van der Waals surface area (Å²) in [6.45, 7) is 0. The first-order chi connectivity index (χ1) is 12.5. The summed E-state index contributed by atoms with van der Waals surface area (Å²) >= 11 is 0. The standard InChI is InChI=1S/C21H14F2O3/c1-26-19-11-15(20(24)13-2-6-17(22)7-3-13)10-16(12-19)21(25)14-4-8-18(23)9-5-14/h2-12H,1H3. The second kappa shape index (κ2) is 7.27. The van der Waals surface area contributed by atoms with Crippen LogP contribution in [0.25, 0.3) is 0 Å². The lowest BCUT2D eigenvalue weighted by Gasteiger charge is -2.09. The monoisotopic (exact) mass is 352 g/mol. The van der Waals surface area contributed by atoms with Gasteiger partial charge in [0.1, 0.15) is 17.4 Å². The zero-order valence-electron chi connectivity index (χ0n) is 13.8. The molecule has 0 aliphatic rings. The van der Waals surface area contributed by atoms with Crippen molar-refractivity contribution in [3.63, 3.8) is 0 Å². The van der Waals surface area contributed by atoms with E-state index in [0.29, 0.717) is 16.9 Å². The zero-order valence-corrected chi connectivity index (χ0v) is 13.8. The van der Waals surface area contributed by atoms with Crippen LogP contribution >= 0.6 is 0 Å². The van der Waals surface area contributed by atoms with Gasteiger partial charge in [-0.05, 0) is 66.7 Å². The SMILES string of the molecule is COc1cc(C(=O)c2ccc(F)cc2)cc(C(=O)c2ccc(F)cc2)c1. The van der Waals surface area contributed by atoms with Crippen molar-refractivity contribution < 1.29 is 23.1 Å². The summed E-state index contributed by atoms with van der Waals surface area (Å²) in [5.41, 5.74) is 1.06. The molecule has 5 heteroatoms. The Hall–Kier alpha value is -3.34. The van der Waals surface area contributed by atoms with Crippen LogP contribution in [-0.2, 0) is 0 Å². The highest BCUT2D eigenvalue weighted by Crippen LogP contribution is 2.22. The number of carbonyl (C=O) groups excluding carboxylic acids is 2. The molecule has 3 nitrogen and oxygen atoms in total. The van der Waals surface area contributed by atoms with Crippen molar-refractivity contribution in [2.24, 2.45) is 0 Å². The quantitative estimate of drug-likeness (QED) is 0.638. The number of benzene rings is 3. The molecule has 0 aliphatic carbocycles. The van der Waals surface area contributed by atoms with Crippen LogP contribution in [0, 0.1) is 11.6 Å². The molecule has 3 rings (SSSR count). The minimum atomic E-state index is -0.445.